The second-order valence-electron chi connectivity index (χ2n) is 6.72. The van der Waals surface area contributed by atoms with Gasteiger partial charge in [-0.1, -0.05) is 17.7 Å². The van der Waals surface area contributed by atoms with Crippen LogP contribution in [0.15, 0.2) is 33.5 Å². The van der Waals surface area contributed by atoms with Crippen molar-refractivity contribution < 1.29 is 28.9 Å². The highest BCUT2D eigenvalue weighted by molar-refractivity contribution is 6.32. The summed E-state index contributed by atoms with van der Waals surface area (Å²) in [5.74, 6) is -1.76. The van der Waals surface area contributed by atoms with Gasteiger partial charge in [-0.05, 0) is 17.7 Å². The number of rotatable bonds is 6. The van der Waals surface area contributed by atoms with Gasteiger partial charge in [0.2, 0.25) is 11.2 Å². The van der Waals surface area contributed by atoms with Crippen molar-refractivity contribution in [3.8, 4) is 11.5 Å². The van der Waals surface area contributed by atoms with Crippen molar-refractivity contribution in [2.24, 2.45) is 0 Å². The van der Waals surface area contributed by atoms with Gasteiger partial charge < -0.3 is 24.1 Å². The van der Waals surface area contributed by atoms with Crippen molar-refractivity contribution in [2.75, 3.05) is 33.4 Å². The molecule has 1 aromatic heterocycles. The Morgan fingerprint density at radius 3 is 2.66 bits per heavy atom. The van der Waals surface area contributed by atoms with Crippen molar-refractivity contribution in [3.05, 3.63) is 56.6 Å². The first-order valence-corrected chi connectivity index (χ1v) is 9.48. The van der Waals surface area contributed by atoms with Gasteiger partial charge in [-0.25, -0.2) is 0 Å². The molecule has 1 saturated heterocycles. The molecule has 1 fully saturated rings. The normalized spacial score (nSPS) is 15.8. The van der Waals surface area contributed by atoms with E-state index in [0.717, 1.165) is 0 Å². The Hall–Kier alpha value is -2.55. The maximum absolute atomic E-state index is 12.4. The molecule has 156 valence electrons. The van der Waals surface area contributed by atoms with Crippen LogP contribution in [-0.2, 0) is 20.8 Å². The average Bonchev–Trinajstić information content (AvgIpc) is 2.71. The number of phenolic OH excluding ortho intramolecular Hbond substituents is 1. The summed E-state index contributed by atoms with van der Waals surface area (Å²) in [5.41, 5.74) is -0.116. The number of nitrogens with zero attached hydrogens (tertiary/aromatic N) is 1. The molecule has 0 aliphatic carbocycles. The van der Waals surface area contributed by atoms with E-state index in [1.807, 2.05) is 0 Å². The molecular weight excluding hydrogens is 402 g/mol. The third-order valence-corrected chi connectivity index (χ3v) is 5.07. The highest BCUT2D eigenvalue weighted by Crippen LogP contribution is 2.36. The highest BCUT2D eigenvalue weighted by Gasteiger charge is 2.27. The molecule has 0 radical (unpaired) electrons. The van der Waals surface area contributed by atoms with Crippen LogP contribution in [0.5, 0.6) is 11.5 Å². The predicted molar refractivity (Wildman–Crippen MR) is 104 cm³/mol. The van der Waals surface area contributed by atoms with Crippen LogP contribution in [0.25, 0.3) is 0 Å². The third-order valence-electron chi connectivity index (χ3n) is 4.77. The number of hydrogen-bond acceptors (Lipinski definition) is 8. The van der Waals surface area contributed by atoms with Gasteiger partial charge in [0.15, 0.2) is 5.76 Å². The molecule has 1 aliphatic rings. The van der Waals surface area contributed by atoms with Gasteiger partial charge in [0.25, 0.3) is 0 Å². The van der Waals surface area contributed by atoms with Gasteiger partial charge in [0, 0.05) is 19.2 Å². The summed E-state index contributed by atoms with van der Waals surface area (Å²) in [4.78, 5) is 26.4. The van der Waals surface area contributed by atoms with E-state index < -0.39 is 23.1 Å². The number of carbonyl (C=O) groups is 1. The zero-order valence-electron chi connectivity index (χ0n) is 15.9. The molecule has 1 unspecified atom stereocenters. The number of hydrogen-bond donors (Lipinski definition) is 2. The number of esters is 1. The quantitative estimate of drug-likeness (QED) is 0.681. The fraction of sp³-hybridized carbons (Fsp3) is 0.400. The number of aromatic hydroxyl groups is 2. The zero-order chi connectivity index (χ0) is 21.0. The number of morpholine rings is 1. The van der Waals surface area contributed by atoms with Gasteiger partial charge in [0.1, 0.15) is 11.5 Å². The molecule has 0 bridgehead atoms. The van der Waals surface area contributed by atoms with Gasteiger partial charge in [-0.15, -0.1) is 0 Å². The molecular formula is C20H22ClNO7. The fourth-order valence-electron chi connectivity index (χ4n) is 3.20. The Balaban J connectivity index is 2.02. The molecule has 1 aliphatic heterocycles. The minimum atomic E-state index is -0.821. The number of phenols is 1. The molecule has 2 N–H and O–H groups in total. The van der Waals surface area contributed by atoms with E-state index in [2.05, 4.69) is 4.90 Å². The van der Waals surface area contributed by atoms with Crippen molar-refractivity contribution >= 4 is 17.6 Å². The zero-order valence-corrected chi connectivity index (χ0v) is 16.6. The maximum Gasteiger partial charge on any atom is 0.306 e. The summed E-state index contributed by atoms with van der Waals surface area (Å²) >= 11 is 6.01. The minimum absolute atomic E-state index is 0.0482. The molecule has 3 rings (SSSR count). The van der Waals surface area contributed by atoms with Crippen LogP contribution < -0.4 is 5.43 Å². The topological polar surface area (TPSA) is 109 Å². The molecule has 2 aromatic rings. The number of carbonyl (C=O) groups excluding carboxylic acids is 1. The standard InChI is InChI=1S/C20H22ClNO7/c1-27-18(25)10-14(12-2-3-16(23)15(21)8-12)20-19(26)17(24)9-13(29-20)11-22-4-6-28-7-5-22/h2-3,8-9,14,23,26H,4-7,10-11H2,1H3. The van der Waals surface area contributed by atoms with Crippen molar-refractivity contribution in [2.45, 2.75) is 18.9 Å². The summed E-state index contributed by atoms with van der Waals surface area (Å²) in [6.45, 7) is 2.93. The van der Waals surface area contributed by atoms with Gasteiger partial charge in [0.05, 0.1) is 44.2 Å². The summed E-state index contributed by atoms with van der Waals surface area (Å²) < 4.78 is 16.0. The maximum atomic E-state index is 12.4. The van der Waals surface area contributed by atoms with E-state index in [4.69, 9.17) is 25.5 Å². The lowest BCUT2D eigenvalue weighted by molar-refractivity contribution is -0.140. The van der Waals surface area contributed by atoms with E-state index in [1.165, 1.54) is 25.3 Å². The Morgan fingerprint density at radius 1 is 1.28 bits per heavy atom. The Kier molecular flexibility index (Phi) is 6.79. The van der Waals surface area contributed by atoms with Crippen LogP contribution in [0.4, 0.5) is 0 Å². The number of halogens is 1. The van der Waals surface area contributed by atoms with E-state index in [0.29, 0.717) is 44.2 Å². The monoisotopic (exact) mass is 423 g/mol. The van der Waals surface area contributed by atoms with Crippen LogP contribution in [0.3, 0.4) is 0 Å². The molecule has 8 nitrogen and oxygen atoms in total. The van der Waals surface area contributed by atoms with Crippen molar-refractivity contribution in [3.63, 3.8) is 0 Å². The first kappa shape index (κ1) is 21.2. The average molecular weight is 424 g/mol. The molecule has 29 heavy (non-hydrogen) atoms. The fourth-order valence-corrected chi connectivity index (χ4v) is 3.39. The minimum Gasteiger partial charge on any atom is -0.506 e. The van der Waals surface area contributed by atoms with Crippen molar-refractivity contribution in [1.82, 2.24) is 4.90 Å². The number of benzene rings is 1. The van der Waals surface area contributed by atoms with Crippen LogP contribution in [-0.4, -0.2) is 54.5 Å². The molecule has 1 atom stereocenters. The lowest BCUT2D eigenvalue weighted by Crippen LogP contribution is -2.35. The first-order valence-electron chi connectivity index (χ1n) is 9.10. The van der Waals surface area contributed by atoms with Crippen molar-refractivity contribution in [1.29, 1.82) is 0 Å². The molecule has 2 heterocycles. The molecule has 9 heteroatoms. The first-order chi connectivity index (χ1) is 13.9. The van der Waals surface area contributed by atoms with E-state index in [1.54, 1.807) is 6.07 Å². The molecule has 1 aromatic carbocycles. The second-order valence-corrected chi connectivity index (χ2v) is 7.13. The van der Waals surface area contributed by atoms with E-state index in [9.17, 15) is 19.8 Å². The summed E-state index contributed by atoms with van der Waals surface area (Å²) in [5, 5.41) is 20.2. The summed E-state index contributed by atoms with van der Waals surface area (Å²) in [6.07, 6.45) is -0.185. The third kappa shape index (κ3) is 5.09. The van der Waals surface area contributed by atoms with Crippen LogP contribution in [0, 0.1) is 0 Å². The van der Waals surface area contributed by atoms with E-state index in [-0.39, 0.29) is 23.0 Å². The van der Waals surface area contributed by atoms with Crippen LogP contribution >= 0.6 is 11.6 Å². The van der Waals surface area contributed by atoms with Gasteiger partial charge >= 0.3 is 5.97 Å². The summed E-state index contributed by atoms with van der Waals surface area (Å²) in [6, 6.07) is 5.61. The SMILES string of the molecule is COC(=O)CC(c1ccc(O)c(Cl)c1)c1oc(CN2CCOCC2)cc(=O)c1O. The summed E-state index contributed by atoms with van der Waals surface area (Å²) in [7, 11) is 1.24. The Labute approximate surface area is 172 Å². The lowest BCUT2D eigenvalue weighted by Gasteiger charge is -2.26. The highest BCUT2D eigenvalue weighted by atomic mass is 35.5. The predicted octanol–water partition coefficient (Wildman–Crippen LogP) is 2.23. The van der Waals surface area contributed by atoms with Crippen LogP contribution in [0.1, 0.15) is 29.4 Å². The smallest absolute Gasteiger partial charge is 0.306 e. The molecule has 0 spiro atoms. The molecule has 0 saturated carbocycles. The second kappa shape index (κ2) is 9.30. The molecule has 0 amide bonds. The van der Waals surface area contributed by atoms with Gasteiger partial charge in [-0.2, -0.15) is 0 Å². The number of methoxy groups -OCH3 is 1. The Morgan fingerprint density at radius 2 is 2.00 bits per heavy atom. The van der Waals surface area contributed by atoms with Gasteiger partial charge in [-0.3, -0.25) is 14.5 Å². The van der Waals surface area contributed by atoms with Crippen LogP contribution in [0.2, 0.25) is 5.02 Å². The largest absolute Gasteiger partial charge is 0.506 e. The lowest BCUT2D eigenvalue weighted by atomic mass is 9.92. The Bertz CT molecular complexity index is 937. The van der Waals surface area contributed by atoms with E-state index >= 15 is 0 Å². The number of ether oxygens (including phenoxy) is 2.